The molecular formula is C19H28N4O4S4. The Bertz CT molecular complexity index is 942. The molecule has 172 valence electrons. The molecule has 3 rings (SSSR count). The van der Waals surface area contributed by atoms with Crippen LogP contribution < -0.4 is 10.7 Å². The van der Waals surface area contributed by atoms with Gasteiger partial charge in [-0.25, -0.2) is 10.9 Å². The van der Waals surface area contributed by atoms with Crippen molar-refractivity contribution in [3.63, 3.8) is 0 Å². The average Bonchev–Trinajstić information content (AvgIpc) is 3.21. The number of benzene rings is 1. The highest BCUT2D eigenvalue weighted by Gasteiger charge is 2.37. The van der Waals surface area contributed by atoms with Crippen molar-refractivity contribution in [2.24, 2.45) is 5.84 Å². The Hall–Kier alpha value is -1.15. The van der Waals surface area contributed by atoms with Gasteiger partial charge in [-0.05, 0) is 38.2 Å². The van der Waals surface area contributed by atoms with E-state index in [2.05, 4.69) is 25.7 Å². The highest BCUT2D eigenvalue weighted by molar-refractivity contribution is 8.27. The van der Waals surface area contributed by atoms with Crippen molar-refractivity contribution < 1.29 is 17.8 Å². The first kappa shape index (κ1) is 26.1. The topological polar surface area (TPSA) is 107 Å². The number of thioether (sulfide) groups is 2. The van der Waals surface area contributed by atoms with Gasteiger partial charge in [0.15, 0.2) is 4.32 Å². The number of nitrogens with zero attached hydrogens (tertiary/aromatic N) is 3. The van der Waals surface area contributed by atoms with Crippen molar-refractivity contribution in [1.82, 2.24) is 9.91 Å². The summed E-state index contributed by atoms with van der Waals surface area (Å²) >= 11 is 7.60. The number of carbonyl (C=O) groups is 1. The fourth-order valence-electron chi connectivity index (χ4n) is 3.01. The monoisotopic (exact) mass is 504 g/mol. The van der Waals surface area contributed by atoms with Crippen LogP contribution >= 0.6 is 35.7 Å². The number of para-hydroxylation sites is 1. The van der Waals surface area contributed by atoms with E-state index in [1.165, 1.54) is 31.4 Å². The fourth-order valence-corrected chi connectivity index (χ4v) is 5.94. The lowest BCUT2D eigenvalue weighted by molar-refractivity contribution is -0.122. The van der Waals surface area contributed by atoms with Crippen molar-refractivity contribution in [3.05, 3.63) is 34.2 Å². The van der Waals surface area contributed by atoms with Gasteiger partial charge in [-0.1, -0.05) is 68.6 Å². The molecule has 8 nitrogen and oxygen atoms in total. The highest BCUT2D eigenvalue weighted by Crippen LogP contribution is 2.50. The molecular weight excluding hydrogens is 477 g/mol. The first-order valence-corrected chi connectivity index (χ1v) is 13.5. The quantitative estimate of drug-likeness (QED) is 0.189. The van der Waals surface area contributed by atoms with Gasteiger partial charge in [0.25, 0.3) is 16.0 Å². The van der Waals surface area contributed by atoms with E-state index in [4.69, 9.17) is 22.6 Å². The van der Waals surface area contributed by atoms with Gasteiger partial charge in [0.1, 0.15) is 9.93 Å². The minimum absolute atomic E-state index is 0.222. The molecule has 0 saturated carbocycles. The molecule has 0 spiro atoms. The fraction of sp³-hybridized carbons (Fsp3) is 0.474. The second-order valence-corrected chi connectivity index (χ2v) is 10.9. The molecule has 1 aromatic carbocycles. The molecule has 31 heavy (non-hydrogen) atoms. The number of thiocarbonyl (C=S) groups is 1. The Morgan fingerprint density at radius 1 is 1.13 bits per heavy atom. The van der Waals surface area contributed by atoms with Gasteiger partial charge >= 0.3 is 0 Å². The zero-order chi connectivity index (χ0) is 23.2. The van der Waals surface area contributed by atoms with Crippen LogP contribution in [-0.2, 0) is 14.9 Å². The van der Waals surface area contributed by atoms with Crippen LogP contribution in [0.15, 0.2) is 39.1 Å². The summed E-state index contributed by atoms with van der Waals surface area (Å²) in [4.78, 5) is 17.9. The summed E-state index contributed by atoms with van der Waals surface area (Å²) in [5, 5.41) is 1.61. The molecule has 1 fully saturated rings. The molecule has 12 heteroatoms. The van der Waals surface area contributed by atoms with Gasteiger partial charge in [0, 0.05) is 11.4 Å². The Kier molecular flexibility index (Phi) is 9.80. The second-order valence-electron chi connectivity index (χ2n) is 6.66. The van der Waals surface area contributed by atoms with E-state index in [1.54, 1.807) is 0 Å². The van der Waals surface area contributed by atoms with Gasteiger partial charge in [0.2, 0.25) is 0 Å². The van der Waals surface area contributed by atoms with Gasteiger partial charge in [-0.3, -0.25) is 9.35 Å². The molecule has 1 saturated heterocycles. The lowest BCUT2D eigenvalue weighted by Gasteiger charge is -2.21. The molecule has 0 bridgehead atoms. The maximum Gasteiger partial charge on any atom is 0.283 e. The summed E-state index contributed by atoms with van der Waals surface area (Å²) in [5.41, 5.74) is 0.884. The number of hydrogen-bond donors (Lipinski definition) is 2. The smallest absolute Gasteiger partial charge is 0.283 e. The van der Waals surface area contributed by atoms with Gasteiger partial charge in [-0.2, -0.15) is 8.42 Å². The largest absolute Gasteiger partial charge is 0.334 e. The molecule has 0 atom stereocenters. The summed E-state index contributed by atoms with van der Waals surface area (Å²) < 4.78 is 31.1. The maximum absolute atomic E-state index is 12.3. The predicted molar refractivity (Wildman–Crippen MR) is 132 cm³/mol. The number of amides is 1. The van der Waals surface area contributed by atoms with E-state index in [0.29, 0.717) is 16.5 Å². The molecule has 3 N–H and O–H groups in total. The van der Waals surface area contributed by atoms with E-state index in [9.17, 15) is 13.2 Å². The first-order valence-electron chi connectivity index (χ1n) is 9.90. The molecule has 0 aromatic heterocycles. The average molecular weight is 505 g/mol. The predicted octanol–water partition coefficient (Wildman–Crippen LogP) is 3.13. The third-order valence-corrected chi connectivity index (χ3v) is 8.23. The van der Waals surface area contributed by atoms with Crippen LogP contribution in [-0.4, -0.2) is 65.0 Å². The zero-order valence-electron chi connectivity index (χ0n) is 17.8. The van der Waals surface area contributed by atoms with Crippen LogP contribution in [0, 0.1) is 0 Å². The van der Waals surface area contributed by atoms with Crippen LogP contribution in [0.3, 0.4) is 0 Å². The second kappa shape index (κ2) is 11.6. The van der Waals surface area contributed by atoms with Crippen molar-refractivity contribution in [3.8, 4) is 0 Å². The maximum atomic E-state index is 12.3. The van der Waals surface area contributed by atoms with Gasteiger partial charge < -0.3 is 9.80 Å². The minimum Gasteiger partial charge on any atom is -0.334 e. The SMILES string of the molecule is CCN(CC)CC.NN1C(=O)/C(=C2/Sc3ccccc3N2CCCS(=O)(=O)O)SC1=S. The molecule has 0 aliphatic carbocycles. The molecule has 1 aromatic rings. The Morgan fingerprint density at radius 2 is 1.74 bits per heavy atom. The minimum atomic E-state index is -4.03. The van der Waals surface area contributed by atoms with Crippen LogP contribution in [0.25, 0.3) is 0 Å². The van der Waals surface area contributed by atoms with Crippen molar-refractivity contribution in [1.29, 1.82) is 0 Å². The third kappa shape index (κ3) is 6.91. The number of nitrogens with two attached hydrogens (primary N) is 1. The van der Waals surface area contributed by atoms with Gasteiger partial charge in [0.05, 0.1) is 11.4 Å². The normalized spacial score (nSPS) is 18.5. The first-order chi connectivity index (χ1) is 14.6. The number of hydrogen-bond acceptors (Lipinski definition) is 9. The molecule has 2 aliphatic rings. The summed E-state index contributed by atoms with van der Waals surface area (Å²) in [5.74, 6) is 4.91. The van der Waals surface area contributed by atoms with E-state index in [1.807, 2.05) is 29.2 Å². The lowest BCUT2D eigenvalue weighted by atomic mass is 10.3. The van der Waals surface area contributed by atoms with Crippen LogP contribution in [0.2, 0.25) is 0 Å². The van der Waals surface area contributed by atoms with Crippen molar-refractivity contribution >= 4 is 61.8 Å². The lowest BCUT2D eigenvalue weighted by Crippen LogP contribution is -2.35. The highest BCUT2D eigenvalue weighted by atomic mass is 32.2. The summed E-state index contributed by atoms with van der Waals surface area (Å²) in [7, 11) is -4.03. The third-order valence-electron chi connectivity index (χ3n) is 4.73. The molecule has 0 unspecified atom stereocenters. The van der Waals surface area contributed by atoms with E-state index < -0.39 is 10.1 Å². The van der Waals surface area contributed by atoms with Crippen LogP contribution in [0.1, 0.15) is 27.2 Å². The summed E-state index contributed by atoms with van der Waals surface area (Å²) in [6, 6.07) is 7.57. The number of rotatable bonds is 7. The Labute approximate surface area is 197 Å². The Morgan fingerprint density at radius 3 is 2.23 bits per heavy atom. The summed E-state index contributed by atoms with van der Waals surface area (Å²) in [6.45, 7) is 10.5. The molecule has 0 radical (unpaired) electrons. The van der Waals surface area contributed by atoms with E-state index >= 15 is 0 Å². The number of hydrazine groups is 1. The molecule has 2 aliphatic heterocycles. The van der Waals surface area contributed by atoms with Crippen molar-refractivity contribution in [2.45, 2.75) is 32.1 Å². The Balaban J connectivity index is 0.000000423. The summed E-state index contributed by atoms with van der Waals surface area (Å²) in [6.07, 6.45) is 0.222. The number of carbonyl (C=O) groups excluding carboxylic acids is 1. The standard InChI is InChI=1S/C13H13N3O4S4.C6H15N/c14-16-11(17)10(23-13(16)21)12-15(6-3-7-24(18,19)20)8-4-1-2-5-9(8)22-12;1-4-7(5-2)6-3/h1-2,4-5H,3,6-7,14H2,(H,18,19,20);4-6H2,1-3H3/b12-10-;. The number of fused-ring (bicyclic) bond motifs is 1. The van der Waals surface area contributed by atoms with E-state index in [0.717, 1.165) is 27.4 Å². The molecule has 1 amide bonds. The van der Waals surface area contributed by atoms with Crippen LogP contribution in [0.4, 0.5) is 5.69 Å². The van der Waals surface area contributed by atoms with E-state index in [-0.39, 0.29) is 22.4 Å². The van der Waals surface area contributed by atoms with Gasteiger partial charge in [-0.15, -0.1) is 0 Å². The molecule has 2 heterocycles. The number of anilines is 1. The van der Waals surface area contributed by atoms with Crippen LogP contribution in [0.5, 0.6) is 0 Å². The zero-order valence-corrected chi connectivity index (χ0v) is 21.0. The van der Waals surface area contributed by atoms with Crippen molar-refractivity contribution in [2.75, 3.05) is 36.8 Å².